The lowest BCUT2D eigenvalue weighted by Crippen LogP contribution is -1.95. The van der Waals surface area contributed by atoms with Gasteiger partial charge in [-0.2, -0.15) is 0 Å². The van der Waals surface area contributed by atoms with Crippen molar-refractivity contribution in [2.45, 2.75) is 0 Å². The monoisotopic (exact) mass is 304 g/mol. The summed E-state index contributed by atoms with van der Waals surface area (Å²) in [4.78, 5) is 8.05. The quantitative estimate of drug-likeness (QED) is 0.657. The van der Waals surface area contributed by atoms with Gasteiger partial charge in [0.15, 0.2) is 0 Å². The molecule has 3 rings (SSSR count). The molecule has 1 heterocycles. The lowest BCUT2D eigenvalue weighted by atomic mass is 10.0. The first-order valence-corrected chi connectivity index (χ1v) is 6.27. The van der Waals surface area contributed by atoms with E-state index in [1.54, 1.807) is 0 Å². The zero-order valence-electron chi connectivity index (χ0n) is 11.0. The highest BCUT2D eigenvalue weighted by Gasteiger charge is 2.14. The molecule has 0 amide bonds. The molecule has 0 spiro atoms. The molecule has 0 radical (unpaired) electrons. The van der Waals surface area contributed by atoms with Crippen LogP contribution in [0.5, 0.6) is 0 Å². The molecule has 0 unspecified atom stereocenters. The van der Waals surface area contributed by atoms with Crippen LogP contribution in [-0.2, 0) is 0 Å². The van der Waals surface area contributed by atoms with E-state index in [0.717, 1.165) is 36.4 Å². The topological polar surface area (TPSA) is 25.8 Å². The smallest absolute Gasteiger partial charge is 0.126 e. The van der Waals surface area contributed by atoms with Crippen molar-refractivity contribution in [3.8, 4) is 22.5 Å². The van der Waals surface area contributed by atoms with Crippen LogP contribution >= 0.6 is 0 Å². The molecule has 0 fully saturated rings. The van der Waals surface area contributed by atoms with Crippen molar-refractivity contribution in [3.05, 3.63) is 72.1 Å². The highest BCUT2D eigenvalue weighted by molar-refractivity contribution is 5.77. The minimum Gasteiger partial charge on any atom is -0.252 e. The SMILES string of the molecule is Fc1cc(F)cc(-c2nccnc2-c2cc(F)cc(F)c2)c1. The van der Waals surface area contributed by atoms with Crippen molar-refractivity contribution in [1.82, 2.24) is 9.97 Å². The van der Waals surface area contributed by atoms with Gasteiger partial charge < -0.3 is 0 Å². The Labute approximate surface area is 123 Å². The largest absolute Gasteiger partial charge is 0.252 e. The Hall–Kier alpha value is -2.76. The van der Waals surface area contributed by atoms with Crippen LogP contribution in [0.25, 0.3) is 22.5 Å². The van der Waals surface area contributed by atoms with Gasteiger partial charge in [-0.05, 0) is 24.3 Å². The van der Waals surface area contributed by atoms with Gasteiger partial charge in [0.1, 0.15) is 23.3 Å². The Balaban J connectivity index is 2.22. The molecule has 0 atom stereocenters. The summed E-state index contributed by atoms with van der Waals surface area (Å²) in [5.41, 5.74) is 0.521. The molecular formula is C16H8F4N2. The molecule has 2 aromatic carbocycles. The van der Waals surface area contributed by atoms with Crippen molar-refractivity contribution in [3.63, 3.8) is 0 Å². The van der Waals surface area contributed by atoms with Crippen molar-refractivity contribution in [2.24, 2.45) is 0 Å². The summed E-state index contributed by atoms with van der Waals surface area (Å²) in [5.74, 6) is -3.12. The van der Waals surface area contributed by atoms with Crippen molar-refractivity contribution in [1.29, 1.82) is 0 Å². The van der Waals surface area contributed by atoms with Gasteiger partial charge in [-0.3, -0.25) is 9.97 Å². The maximum Gasteiger partial charge on any atom is 0.126 e. The first-order chi connectivity index (χ1) is 10.5. The second-order valence-corrected chi connectivity index (χ2v) is 4.57. The fourth-order valence-electron chi connectivity index (χ4n) is 2.14. The van der Waals surface area contributed by atoms with Gasteiger partial charge in [-0.25, -0.2) is 17.6 Å². The van der Waals surface area contributed by atoms with Gasteiger partial charge in [0.2, 0.25) is 0 Å². The molecule has 0 bridgehead atoms. The molecule has 0 aliphatic rings. The fourth-order valence-corrected chi connectivity index (χ4v) is 2.14. The first-order valence-electron chi connectivity index (χ1n) is 6.27. The molecule has 110 valence electrons. The molecule has 0 saturated carbocycles. The van der Waals surface area contributed by atoms with Crippen molar-refractivity contribution < 1.29 is 17.6 Å². The lowest BCUT2D eigenvalue weighted by Gasteiger charge is -2.08. The van der Waals surface area contributed by atoms with Gasteiger partial charge >= 0.3 is 0 Å². The molecule has 1 aromatic heterocycles. The molecule has 6 heteroatoms. The molecule has 0 saturated heterocycles. The predicted molar refractivity (Wildman–Crippen MR) is 72.7 cm³/mol. The summed E-state index contributed by atoms with van der Waals surface area (Å²) in [7, 11) is 0. The number of hydrogen-bond donors (Lipinski definition) is 0. The van der Waals surface area contributed by atoms with Crippen LogP contribution in [0.4, 0.5) is 17.6 Å². The van der Waals surface area contributed by atoms with Crippen LogP contribution in [0.2, 0.25) is 0 Å². The Bertz CT molecular complexity index is 738. The third-order valence-corrected chi connectivity index (χ3v) is 2.97. The highest BCUT2D eigenvalue weighted by atomic mass is 19.1. The minimum absolute atomic E-state index is 0.130. The molecule has 3 aromatic rings. The molecule has 0 aliphatic heterocycles. The number of halogens is 4. The molecule has 2 nitrogen and oxygen atoms in total. The van der Waals surface area contributed by atoms with E-state index in [1.165, 1.54) is 12.4 Å². The van der Waals surface area contributed by atoms with Gasteiger partial charge in [0, 0.05) is 35.7 Å². The van der Waals surface area contributed by atoms with E-state index in [1.807, 2.05) is 0 Å². The van der Waals surface area contributed by atoms with E-state index in [2.05, 4.69) is 9.97 Å². The first kappa shape index (κ1) is 14.2. The lowest BCUT2D eigenvalue weighted by molar-refractivity contribution is 0.583. The van der Waals surface area contributed by atoms with E-state index in [-0.39, 0.29) is 22.5 Å². The van der Waals surface area contributed by atoms with Gasteiger partial charge in [0.05, 0.1) is 11.4 Å². The minimum atomic E-state index is -0.781. The summed E-state index contributed by atoms with van der Waals surface area (Å²) >= 11 is 0. The van der Waals surface area contributed by atoms with E-state index >= 15 is 0 Å². The van der Waals surface area contributed by atoms with Gasteiger partial charge in [-0.1, -0.05) is 0 Å². The number of benzene rings is 2. The van der Waals surface area contributed by atoms with Gasteiger partial charge in [-0.15, -0.1) is 0 Å². The van der Waals surface area contributed by atoms with Gasteiger partial charge in [0.25, 0.3) is 0 Å². The van der Waals surface area contributed by atoms with Crippen LogP contribution in [-0.4, -0.2) is 9.97 Å². The van der Waals surface area contributed by atoms with Crippen LogP contribution in [0, 0.1) is 23.3 Å². The Morgan fingerprint density at radius 2 is 0.818 bits per heavy atom. The Kier molecular flexibility index (Phi) is 3.58. The zero-order chi connectivity index (χ0) is 15.7. The second kappa shape index (κ2) is 5.55. The van der Waals surface area contributed by atoms with Crippen molar-refractivity contribution in [2.75, 3.05) is 0 Å². The number of hydrogen-bond acceptors (Lipinski definition) is 2. The summed E-state index contributed by atoms with van der Waals surface area (Å²) in [6.07, 6.45) is 2.66. The summed E-state index contributed by atoms with van der Waals surface area (Å²) in [6, 6.07) is 5.75. The maximum absolute atomic E-state index is 13.4. The number of nitrogens with zero attached hydrogens (tertiary/aromatic N) is 2. The van der Waals surface area contributed by atoms with Crippen LogP contribution < -0.4 is 0 Å². The Morgan fingerprint density at radius 1 is 0.500 bits per heavy atom. The number of aromatic nitrogens is 2. The summed E-state index contributed by atoms with van der Waals surface area (Å²) in [6.45, 7) is 0. The molecular weight excluding hydrogens is 296 g/mol. The molecule has 22 heavy (non-hydrogen) atoms. The van der Waals surface area contributed by atoms with E-state index in [0.29, 0.717) is 0 Å². The summed E-state index contributed by atoms with van der Waals surface area (Å²) in [5, 5.41) is 0. The molecule has 0 aliphatic carbocycles. The standard InChI is InChI=1S/C16H8F4N2/c17-11-3-9(4-12(18)7-11)15-16(22-2-1-21-15)10-5-13(19)8-14(20)6-10/h1-8H. The molecule has 0 N–H and O–H groups in total. The fraction of sp³-hybridized carbons (Fsp3) is 0. The third kappa shape index (κ3) is 2.81. The second-order valence-electron chi connectivity index (χ2n) is 4.57. The average molecular weight is 304 g/mol. The zero-order valence-corrected chi connectivity index (χ0v) is 11.0. The van der Waals surface area contributed by atoms with Crippen LogP contribution in [0.3, 0.4) is 0 Å². The number of rotatable bonds is 2. The third-order valence-electron chi connectivity index (χ3n) is 2.97. The maximum atomic E-state index is 13.4. The predicted octanol–water partition coefficient (Wildman–Crippen LogP) is 4.37. The average Bonchev–Trinajstić information content (AvgIpc) is 2.45. The normalized spacial score (nSPS) is 10.7. The van der Waals surface area contributed by atoms with E-state index in [4.69, 9.17) is 0 Å². The van der Waals surface area contributed by atoms with Crippen LogP contribution in [0.1, 0.15) is 0 Å². The van der Waals surface area contributed by atoms with Crippen molar-refractivity contribution >= 4 is 0 Å². The Morgan fingerprint density at radius 3 is 1.14 bits per heavy atom. The highest BCUT2D eigenvalue weighted by Crippen LogP contribution is 2.30. The summed E-state index contributed by atoms with van der Waals surface area (Å²) < 4.78 is 53.5. The van der Waals surface area contributed by atoms with E-state index in [9.17, 15) is 17.6 Å². The van der Waals surface area contributed by atoms with E-state index < -0.39 is 23.3 Å². The van der Waals surface area contributed by atoms with Crippen LogP contribution in [0.15, 0.2) is 48.8 Å².